The summed E-state index contributed by atoms with van der Waals surface area (Å²) in [4.78, 5) is 27.9. The van der Waals surface area contributed by atoms with Crippen LogP contribution in [0.3, 0.4) is 0 Å². The van der Waals surface area contributed by atoms with Crippen molar-refractivity contribution in [2.24, 2.45) is 0 Å². The number of carboxylic acid groups (broad SMARTS) is 1. The molecule has 2 aromatic heterocycles. The van der Waals surface area contributed by atoms with Gasteiger partial charge in [-0.1, -0.05) is 29.3 Å². The highest BCUT2D eigenvalue weighted by atomic mass is 35.5. The van der Waals surface area contributed by atoms with Crippen LogP contribution in [0.4, 0.5) is 5.82 Å². The van der Waals surface area contributed by atoms with Gasteiger partial charge in [0.2, 0.25) is 5.91 Å². The van der Waals surface area contributed by atoms with Gasteiger partial charge in [-0.2, -0.15) is 5.10 Å². The van der Waals surface area contributed by atoms with Gasteiger partial charge < -0.3 is 14.9 Å². The van der Waals surface area contributed by atoms with Crippen molar-refractivity contribution < 1.29 is 14.7 Å². The van der Waals surface area contributed by atoms with E-state index in [0.29, 0.717) is 10.0 Å². The number of likely N-dealkylation sites (tertiary alicyclic amines) is 1. The van der Waals surface area contributed by atoms with Crippen molar-refractivity contribution in [3.05, 3.63) is 40.6 Å². The van der Waals surface area contributed by atoms with Crippen LogP contribution in [0.15, 0.2) is 30.6 Å². The third-order valence-electron chi connectivity index (χ3n) is 5.65. The summed E-state index contributed by atoms with van der Waals surface area (Å²) < 4.78 is 0. The lowest BCUT2D eigenvalue weighted by Gasteiger charge is -2.19. The second-order valence-corrected chi connectivity index (χ2v) is 8.57. The lowest BCUT2D eigenvalue weighted by molar-refractivity contribution is -0.127. The van der Waals surface area contributed by atoms with E-state index in [1.807, 2.05) is 29.4 Å². The largest absolute Gasteiger partial charge is 0.483 e. The van der Waals surface area contributed by atoms with Crippen LogP contribution >= 0.6 is 23.2 Å². The second-order valence-electron chi connectivity index (χ2n) is 7.79. The Balaban J connectivity index is 0.000000233. The molecule has 10 heteroatoms. The van der Waals surface area contributed by atoms with Crippen LogP contribution in [-0.4, -0.2) is 63.7 Å². The van der Waals surface area contributed by atoms with Gasteiger partial charge in [0.15, 0.2) is 0 Å². The molecule has 8 nitrogen and oxygen atoms in total. The Kier molecular flexibility index (Phi) is 8.91. The maximum Gasteiger partial charge on any atom is 0.290 e. The van der Waals surface area contributed by atoms with Gasteiger partial charge in [0.25, 0.3) is 6.47 Å². The van der Waals surface area contributed by atoms with Crippen LogP contribution in [0.1, 0.15) is 32.6 Å². The average Bonchev–Trinajstić information content (AvgIpc) is 3.60. The molecule has 0 saturated carbocycles. The van der Waals surface area contributed by atoms with E-state index in [9.17, 15) is 4.79 Å². The molecule has 0 spiro atoms. The first kappa shape index (κ1) is 24.8. The molecule has 1 amide bonds. The first-order valence-corrected chi connectivity index (χ1v) is 11.6. The number of carbonyl (C=O) groups is 2. The van der Waals surface area contributed by atoms with Gasteiger partial charge >= 0.3 is 0 Å². The van der Waals surface area contributed by atoms with E-state index in [0.717, 1.165) is 54.0 Å². The molecule has 2 N–H and O–H groups in total. The van der Waals surface area contributed by atoms with Crippen LogP contribution in [0.5, 0.6) is 0 Å². The highest BCUT2D eigenvalue weighted by molar-refractivity contribution is 6.45. The number of hydrogen-bond donors (Lipinski definition) is 2. The molecule has 2 aliphatic rings. The molecular formula is C23H27Cl2N5O3. The quantitative estimate of drug-likeness (QED) is 0.496. The number of rotatable bonds is 2. The van der Waals surface area contributed by atoms with Gasteiger partial charge in [-0.15, -0.1) is 0 Å². The van der Waals surface area contributed by atoms with Crippen LogP contribution in [0, 0.1) is 0 Å². The van der Waals surface area contributed by atoms with E-state index in [2.05, 4.69) is 21.2 Å². The number of halogens is 2. The topological polar surface area (TPSA) is 102 Å². The molecule has 4 heterocycles. The summed E-state index contributed by atoms with van der Waals surface area (Å²) in [6.07, 6.45) is 8.48. The molecule has 0 atom stereocenters. The number of benzene rings is 1. The van der Waals surface area contributed by atoms with E-state index in [1.165, 1.54) is 25.7 Å². The molecule has 33 heavy (non-hydrogen) atoms. The fraction of sp³-hybridized carbons (Fsp3) is 0.391. The number of H-pyrrole nitrogens is 1. The van der Waals surface area contributed by atoms with E-state index < -0.39 is 0 Å². The summed E-state index contributed by atoms with van der Waals surface area (Å²) in [5, 5.41) is 15.8. The minimum Gasteiger partial charge on any atom is -0.483 e. The van der Waals surface area contributed by atoms with Crippen LogP contribution in [0.25, 0.3) is 22.0 Å². The lowest BCUT2D eigenvalue weighted by atomic mass is 10.0. The number of hydrogen-bond acceptors (Lipinski definition) is 5. The first-order valence-electron chi connectivity index (χ1n) is 10.8. The number of aromatic nitrogens is 3. The van der Waals surface area contributed by atoms with Gasteiger partial charge in [0.05, 0.1) is 21.8 Å². The molecule has 1 aromatic carbocycles. The van der Waals surface area contributed by atoms with Crippen LogP contribution in [0.2, 0.25) is 10.0 Å². The second kappa shape index (κ2) is 11.9. The van der Waals surface area contributed by atoms with E-state index in [4.69, 9.17) is 38.1 Å². The molecule has 0 bridgehead atoms. The van der Waals surface area contributed by atoms with Crippen molar-refractivity contribution in [2.45, 2.75) is 32.6 Å². The predicted molar refractivity (Wildman–Crippen MR) is 131 cm³/mol. The number of anilines is 1. The van der Waals surface area contributed by atoms with E-state index in [1.54, 1.807) is 6.92 Å². The highest BCUT2D eigenvalue weighted by Crippen LogP contribution is 2.37. The predicted octanol–water partition coefficient (Wildman–Crippen LogP) is 4.86. The Hall–Kier alpha value is -2.84. The zero-order valence-corrected chi connectivity index (χ0v) is 19.9. The molecule has 3 aromatic rings. The molecule has 176 valence electrons. The first-order chi connectivity index (χ1) is 16.0. The SMILES string of the molecule is CC(=O)N1CCCC1.Clc1ccc2c(-c3cn[nH]c3)cc(N3CCCC3)nc2c1Cl.O=CO. The molecule has 2 aliphatic heterocycles. The maximum absolute atomic E-state index is 10.6. The number of nitrogens with one attached hydrogen (secondary N) is 1. The van der Waals surface area contributed by atoms with Crippen molar-refractivity contribution >= 4 is 52.3 Å². The van der Waals surface area contributed by atoms with Gasteiger partial charge in [0, 0.05) is 50.2 Å². The number of pyridine rings is 1. The minimum absolute atomic E-state index is 0.225. The molecule has 2 fully saturated rings. The number of carbonyl (C=O) groups excluding carboxylic acids is 1. The zero-order valence-electron chi connectivity index (χ0n) is 18.4. The van der Waals surface area contributed by atoms with Gasteiger partial charge in [-0.05, 0) is 43.4 Å². The third kappa shape index (κ3) is 6.15. The maximum atomic E-state index is 10.6. The summed E-state index contributed by atoms with van der Waals surface area (Å²) in [5.41, 5.74) is 2.83. The normalized spacial score (nSPS) is 15.0. The Morgan fingerprint density at radius 3 is 2.30 bits per heavy atom. The fourth-order valence-corrected chi connectivity index (χ4v) is 4.36. The number of aromatic amines is 1. The smallest absolute Gasteiger partial charge is 0.290 e. The van der Waals surface area contributed by atoms with E-state index in [-0.39, 0.29) is 12.4 Å². The van der Waals surface area contributed by atoms with Crippen molar-refractivity contribution in [3.63, 3.8) is 0 Å². The minimum atomic E-state index is -0.250. The summed E-state index contributed by atoms with van der Waals surface area (Å²) in [7, 11) is 0. The van der Waals surface area contributed by atoms with Gasteiger partial charge in [0.1, 0.15) is 5.82 Å². The van der Waals surface area contributed by atoms with Gasteiger partial charge in [-0.3, -0.25) is 14.7 Å². The monoisotopic (exact) mass is 491 g/mol. The molecular weight excluding hydrogens is 465 g/mol. The number of amides is 1. The number of nitrogens with zero attached hydrogens (tertiary/aromatic N) is 4. The van der Waals surface area contributed by atoms with Gasteiger partial charge in [-0.25, -0.2) is 4.98 Å². The highest BCUT2D eigenvalue weighted by Gasteiger charge is 2.18. The molecule has 0 aliphatic carbocycles. The fourth-order valence-electron chi connectivity index (χ4n) is 4.00. The van der Waals surface area contributed by atoms with Crippen LogP contribution < -0.4 is 4.90 Å². The lowest BCUT2D eigenvalue weighted by Crippen LogP contribution is -2.24. The molecule has 2 saturated heterocycles. The Morgan fingerprint density at radius 2 is 1.76 bits per heavy atom. The Morgan fingerprint density at radius 1 is 1.12 bits per heavy atom. The standard InChI is InChI=1S/C16H14Cl2N4.C6H11NO.CH2O2/c17-13-4-3-11-12(10-8-19-20-9-10)7-14(21-16(11)15(13)18)22-5-1-2-6-22;1-6(8)7-4-2-3-5-7;2-1-3/h3-4,7-9H,1-2,5-6H2,(H,19,20);2-5H2,1H3;1H,(H,2,3). The zero-order chi connectivity index (χ0) is 23.8. The van der Waals surface area contributed by atoms with Crippen molar-refractivity contribution in [1.29, 1.82) is 0 Å². The van der Waals surface area contributed by atoms with E-state index >= 15 is 0 Å². The van der Waals surface area contributed by atoms with Crippen molar-refractivity contribution in [1.82, 2.24) is 20.1 Å². The summed E-state index contributed by atoms with van der Waals surface area (Å²) >= 11 is 12.6. The summed E-state index contributed by atoms with van der Waals surface area (Å²) in [5.74, 6) is 1.17. The summed E-state index contributed by atoms with van der Waals surface area (Å²) in [6.45, 7) is 5.40. The molecule has 5 rings (SSSR count). The van der Waals surface area contributed by atoms with Crippen molar-refractivity contribution in [2.75, 3.05) is 31.1 Å². The third-order valence-corrected chi connectivity index (χ3v) is 6.44. The molecule has 0 radical (unpaired) electrons. The summed E-state index contributed by atoms with van der Waals surface area (Å²) in [6, 6.07) is 5.89. The Labute approximate surface area is 202 Å². The van der Waals surface area contributed by atoms with Crippen LogP contribution in [-0.2, 0) is 9.59 Å². The number of fused-ring (bicyclic) bond motifs is 1. The van der Waals surface area contributed by atoms with Crippen molar-refractivity contribution in [3.8, 4) is 11.1 Å². The average molecular weight is 492 g/mol. The Bertz CT molecular complexity index is 1080. The molecule has 0 unspecified atom stereocenters.